The van der Waals surface area contributed by atoms with Crippen LogP contribution in [0.5, 0.6) is 11.5 Å². The Kier molecular flexibility index (Phi) is 10.5. The maximum absolute atomic E-state index is 9.51. The standard InChI is InChI=1S/C70H66N5O.Pt/c1-67(2,3)47-31-28-45(29-32-47)46-30-33-61-62(36-46)73(52-38-49(69(7,8)9)37-50(39-52)70(10,11)12)44-72(61)51-20-19-21-53(41-51)76-54-42-63(74-58-25-16-13-22-55(58)56-23-14-17-26-59(56)74)66-57-24-15-18-27-60(57)75(64(66)43-54)65-40-48(34-35-71-65)68(4,5)6;/h13-40,42,44H,1-12H3;/q-3;/i13D,14D,16D,17D,22D,23D,25D,26D;. The number of para-hydroxylation sites is 3. The Morgan fingerprint density at radius 3 is 1.75 bits per heavy atom. The Morgan fingerprint density at radius 1 is 0.481 bits per heavy atom. The van der Waals surface area contributed by atoms with E-state index in [9.17, 15) is 5.48 Å². The molecule has 7 heteroatoms. The van der Waals surface area contributed by atoms with Gasteiger partial charge in [-0.1, -0.05) is 185 Å². The van der Waals surface area contributed by atoms with E-state index < -0.39 is 48.3 Å². The van der Waals surface area contributed by atoms with Gasteiger partial charge in [-0.3, -0.25) is 0 Å². The van der Waals surface area contributed by atoms with Gasteiger partial charge in [0.05, 0.1) is 22.0 Å². The van der Waals surface area contributed by atoms with Crippen LogP contribution in [-0.2, 0) is 42.7 Å². The van der Waals surface area contributed by atoms with E-state index in [1.807, 2.05) is 59.2 Å². The number of benzene rings is 8. The fourth-order valence-corrected chi connectivity index (χ4v) is 10.4. The zero-order chi connectivity index (χ0) is 60.0. The van der Waals surface area contributed by atoms with Crippen molar-refractivity contribution in [3.8, 4) is 34.1 Å². The Labute approximate surface area is 480 Å². The second-order valence-electron chi connectivity index (χ2n) is 24.2. The zero-order valence-electron chi connectivity index (χ0n) is 53.7. The summed E-state index contributed by atoms with van der Waals surface area (Å²) in [6.45, 7) is 28.7. The average Bonchev–Trinajstić information content (AvgIpc) is 1.62. The van der Waals surface area contributed by atoms with Crippen molar-refractivity contribution in [1.29, 1.82) is 0 Å². The number of anilines is 4. The number of hydrogen-bond donors (Lipinski definition) is 0. The Morgan fingerprint density at radius 2 is 1.10 bits per heavy atom. The molecule has 0 fully saturated rings. The minimum absolute atomic E-state index is 0. The van der Waals surface area contributed by atoms with Crippen molar-refractivity contribution in [2.45, 2.75) is 105 Å². The number of rotatable bonds is 7. The molecule has 1 aliphatic rings. The molecule has 4 heterocycles. The predicted molar refractivity (Wildman–Crippen MR) is 319 cm³/mol. The van der Waals surface area contributed by atoms with Crippen LogP contribution < -0.4 is 14.5 Å². The molecule has 1 aliphatic heterocycles. The van der Waals surface area contributed by atoms with Gasteiger partial charge in [-0.05, 0) is 121 Å². The molecule has 0 radical (unpaired) electrons. The summed E-state index contributed by atoms with van der Waals surface area (Å²) in [6.07, 6.45) is 1.78. The predicted octanol–water partition coefficient (Wildman–Crippen LogP) is 18.9. The van der Waals surface area contributed by atoms with Gasteiger partial charge in [0.25, 0.3) is 0 Å². The minimum atomic E-state index is -0.522. The van der Waals surface area contributed by atoms with Gasteiger partial charge < -0.3 is 23.7 Å². The molecule has 3 aromatic heterocycles. The number of fused-ring (bicyclic) bond motifs is 7. The van der Waals surface area contributed by atoms with Crippen molar-refractivity contribution in [2.75, 3.05) is 9.80 Å². The summed E-state index contributed by atoms with van der Waals surface area (Å²) in [7, 11) is 0. The molecule has 0 amide bonds. The molecule has 0 unspecified atom stereocenters. The molecule has 0 bridgehead atoms. The fraction of sp³-hybridized carbons (Fsp3) is 0.229. The van der Waals surface area contributed by atoms with Gasteiger partial charge in [0, 0.05) is 72.1 Å². The van der Waals surface area contributed by atoms with Crippen LogP contribution in [0.2, 0.25) is 0 Å². The molecular formula is C70H66N5OPt-3. The first kappa shape index (κ1) is 42.7. The molecule has 0 saturated carbocycles. The number of ether oxygens (including phenoxy) is 1. The Hall–Kier alpha value is -7.40. The van der Waals surface area contributed by atoms with Crippen molar-refractivity contribution in [3.63, 3.8) is 0 Å². The van der Waals surface area contributed by atoms with E-state index in [1.165, 1.54) is 16.7 Å². The van der Waals surface area contributed by atoms with E-state index in [4.69, 9.17) is 15.2 Å². The van der Waals surface area contributed by atoms with Gasteiger partial charge >= 0.3 is 0 Å². The third-order valence-corrected chi connectivity index (χ3v) is 14.7. The van der Waals surface area contributed by atoms with E-state index in [-0.39, 0.29) is 70.3 Å². The number of hydrogen-bond acceptors (Lipinski definition) is 4. The van der Waals surface area contributed by atoms with Crippen LogP contribution in [0.3, 0.4) is 0 Å². The second kappa shape index (κ2) is 19.0. The van der Waals surface area contributed by atoms with Gasteiger partial charge in [-0.2, -0.15) is 6.07 Å². The van der Waals surface area contributed by atoms with Gasteiger partial charge in [-0.25, -0.2) is 4.98 Å². The van der Waals surface area contributed by atoms with E-state index in [1.54, 1.807) is 16.8 Å². The van der Waals surface area contributed by atoms with Crippen LogP contribution in [0, 0.1) is 18.8 Å². The minimum Gasteiger partial charge on any atom is -0.509 e. The first-order chi connectivity index (χ1) is 39.5. The summed E-state index contributed by atoms with van der Waals surface area (Å²) < 4.78 is 83.7. The Balaban J connectivity index is 0.00000752. The molecule has 0 saturated heterocycles. The smallest absolute Gasteiger partial charge is 0.135 e. The van der Waals surface area contributed by atoms with Crippen molar-refractivity contribution in [2.24, 2.45) is 0 Å². The van der Waals surface area contributed by atoms with E-state index >= 15 is 0 Å². The summed E-state index contributed by atoms with van der Waals surface area (Å²) in [4.78, 5) is 9.33. The molecule has 11 aromatic rings. The molecule has 6 nitrogen and oxygen atoms in total. The first-order valence-corrected chi connectivity index (χ1v) is 26.0. The summed E-state index contributed by atoms with van der Waals surface area (Å²) >= 11 is 0. The average molecular weight is 1200 g/mol. The van der Waals surface area contributed by atoms with Crippen LogP contribution >= 0.6 is 0 Å². The van der Waals surface area contributed by atoms with Crippen LogP contribution in [0.4, 0.5) is 22.7 Å². The van der Waals surface area contributed by atoms with Crippen LogP contribution in [0.25, 0.3) is 66.2 Å². The van der Waals surface area contributed by atoms with Crippen molar-refractivity contribution in [3.05, 3.63) is 217 Å². The molecular weight excluding hydrogens is 1120 g/mol. The van der Waals surface area contributed by atoms with Crippen molar-refractivity contribution in [1.82, 2.24) is 14.1 Å². The van der Waals surface area contributed by atoms with Crippen LogP contribution in [0.15, 0.2) is 176 Å². The summed E-state index contributed by atoms with van der Waals surface area (Å²) in [6, 6.07) is 45.1. The maximum atomic E-state index is 9.51. The number of pyridine rings is 1. The van der Waals surface area contributed by atoms with E-state index in [2.05, 4.69) is 172 Å². The van der Waals surface area contributed by atoms with Crippen molar-refractivity contribution < 1.29 is 36.8 Å². The quantitative estimate of drug-likeness (QED) is 0.149. The van der Waals surface area contributed by atoms with E-state index in [0.717, 1.165) is 44.7 Å². The fourth-order valence-electron chi connectivity index (χ4n) is 10.4. The van der Waals surface area contributed by atoms with Crippen LogP contribution in [0.1, 0.15) is 116 Å². The largest absolute Gasteiger partial charge is 0.509 e. The molecule has 0 spiro atoms. The molecule has 12 rings (SSSR count). The topological polar surface area (TPSA) is 38.5 Å². The maximum Gasteiger partial charge on any atom is 0.135 e. The SMILES string of the molecule is [2H]c1c([2H])c([2H])c2c(c1[2H])c1c([2H])c([2H])c([2H])c([2H])c1n2-c1cc(Oc2[c-]c(N3[CH-]N(c4cc(C(C)(C)C)cc(C(C)(C)C)c4)c4cc(-c5ccc(C(C)(C)C)cc5)ccc43)ccc2)[c-]c2c1c1ccccc1n2-c1cc(C(C)(C)C)ccn1.[Pt]. The van der Waals surface area contributed by atoms with Gasteiger partial charge in [0.1, 0.15) is 5.82 Å². The molecule has 0 aliphatic carbocycles. The second-order valence-corrected chi connectivity index (χ2v) is 24.2. The number of aromatic nitrogens is 3. The summed E-state index contributed by atoms with van der Waals surface area (Å²) in [5.74, 6) is 1.12. The monoisotopic (exact) mass is 1200 g/mol. The van der Waals surface area contributed by atoms with Gasteiger partial charge in [0.2, 0.25) is 0 Å². The van der Waals surface area contributed by atoms with Gasteiger partial charge in [-0.15, -0.1) is 42.7 Å². The third kappa shape index (κ3) is 9.33. The summed E-state index contributed by atoms with van der Waals surface area (Å²) in [5, 5.41) is 1.25. The van der Waals surface area contributed by atoms with E-state index in [0.29, 0.717) is 33.8 Å². The molecule has 8 aromatic carbocycles. The summed E-state index contributed by atoms with van der Waals surface area (Å²) in [5.41, 5.74) is 11.6. The molecule has 0 N–H and O–H groups in total. The molecule has 390 valence electrons. The normalized spacial score (nSPS) is 14.7. The van der Waals surface area contributed by atoms with Crippen LogP contribution in [-0.4, -0.2) is 14.1 Å². The zero-order valence-corrected chi connectivity index (χ0v) is 47.9. The molecule has 77 heavy (non-hydrogen) atoms. The third-order valence-electron chi connectivity index (χ3n) is 14.7. The molecule has 0 atom stereocenters. The van der Waals surface area contributed by atoms with Crippen molar-refractivity contribution >= 4 is 66.4 Å². The number of nitrogens with zero attached hydrogens (tertiary/aromatic N) is 5. The van der Waals surface area contributed by atoms with Gasteiger partial charge in [0.15, 0.2) is 0 Å². The first-order valence-electron chi connectivity index (χ1n) is 30.0. The Bertz CT molecular complexity index is 4430.